The van der Waals surface area contributed by atoms with E-state index >= 15 is 0 Å². The quantitative estimate of drug-likeness (QED) is 0.414. The average Bonchev–Trinajstić information content (AvgIpc) is 3.13. The largest absolute Gasteiger partial charge is 0.497 e. The molecule has 0 spiro atoms. The van der Waals surface area contributed by atoms with E-state index in [2.05, 4.69) is 45.2 Å². The molecule has 2 aliphatic heterocycles. The Morgan fingerprint density at radius 2 is 2.00 bits per heavy atom. The molecule has 2 aliphatic rings. The third-order valence-electron chi connectivity index (χ3n) is 5.55. The summed E-state index contributed by atoms with van der Waals surface area (Å²) in [5, 5.41) is 3.62. The van der Waals surface area contributed by atoms with Crippen LogP contribution in [0.4, 0.5) is 5.69 Å². The molecular formula is C20H33IN4O. The number of ether oxygens (including phenoxy) is 1. The Balaban J connectivity index is 0.00000243. The minimum atomic E-state index is 0. The van der Waals surface area contributed by atoms with Crippen molar-refractivity contribution in [3.63, 3.8) is 0 Å². The lowest BCUT2D eigenvalue weighted by Crippen LogP contribution is -2.46. The Bertz CT molecular complexity index is 587. The molecule has 0 radical (unpaired) electrons. The number of halogens is 1. The molecule has 2 fully saturated rings. The monoisotopic (exact) mass is 472 g/mol. The van der Waals surface area contributed by atoms with Crippen LogP contribution < -0.4 is 15.0 Å². The Labute approximate surface area is 175 Å². The summed E-state index contributed by atoms with van der Waals surface area (Å²) >= 11 is 0. The van der Waals surface area contributed by atoms with E-state index in [0.717, 1.165) is 50.4 Å². The summed E-state index contributed by atoms with van der Waals surface area (Å²) in [6.45, 7) is 7.80. The Morgan fingerprint density at radius 3 is 2.69 bits per heavy atom. The summed E-state index contributed by atoms with van der Waals surface area (Å²) in [6.07, 6.45) is 3.76. The third-order valence-corrected chi connectivity index (χ3v) is 5.55. The van der Waals surface area contributed by atoms with Crippen molar-refractivity contribution in [1.29, 1.82) is 0 Å². The fraction of sp³-hybridized carbons (Fsp3) is 0.650. The summed E-state index contributed by atoms with van der Waals surface area (Å²) in [4.78, 5) is 9.37. The van der Waals surface area contributed by atoms with E-state index in [9.17, 15) is 0 Å². The number of likely N-dealkylation sites (tertiary alicyclic amines) is 1. The highest BCUT2D eigenvalue weighted by molar-refractivity contribution is 14.0. The van der Waals surface area contributed by atoms with Crippen molar-refractivity contribution in [2.24, 2.45) is 16.8 Å². The van der Waals surface area contributed by atoms with Gasteiger partial charge in [-0.1, -0.05) is 13.0 Å². The zero-order valence-corrected chi connectivity index (χ0v) is 18.6. The highest BCUT2D eigenvalue weighted by Gasteiger charge is 2.24. The number of guanidine groups is 1. The SMILES string of the molecule is CN=C(NCC1CCN(c2cccc(OC)c2)C1)N1CCC(C)CC1.I. The Kier molecular flexibility index (Phi) is 8.31. The molecule has 6 heteroatoms. The van der Waals surface area contributed by atoms with Crippen molar-refractivity contribution in [3.05, 3.63) is 24.3 Å². The number of methoxy groups -OCH3 is 1. The smallest absolute Gasteiger partial charge is 0.193 e. The molecule has 0 aromatic heterocycles. The van der Waals surface area contributed by atoms with Gasteiger partial charge in [0.2, 0.25) is 0 Å². The summed E-state index contributed by atoms with van der Waals surface area (Å²) in [5.41, 5.74) is 1.26. The van der Waals surface area contributed by atoms with Crippen LogP contribution in [-0.2, 0) is 0 Å². The van der Waals surface area contributed by atoms with Gasteiger partial charge in [0.05, 0.1) is 7.11 Å². The number of hydrogen-bond acceptors (Lipinski definition) is 3. The van der Waals surface area contributed by atoms with Gasteiger partial charge in [0.15, 0.2) is 5.96 Å². The highest BCUT2D eigenvalue weighted by atomic mass is 127. The van der Waals surface area contributed by atoms with Gasteiger partial charge in [-0.2, -0.15) is 0 Å². The zero-order chi connectivity index (χ0) is 17.6. The lowest BCUT2D eigenvalue weighted by atomic mass is 9.99. The van der Waals surface area contributed by atoms with Crippen LogP contribution in [0.1, 0.15) is 26.2 Å². The van der Waals surface area contributed by atoms with Gasteiger partial charge in [-0.3, -0.25) is 4.99 Å². The number of nitrogens with one attached hydrogen (secondary N) is 1. The van der Waals surface area contributed by atoms with E-state index in [4.69, 9.17) is 4.74 Å². The number of benzene rings is 1. The molecule has 5 nitrogen and oxygen atoms in total. The number of anilines is 1. The summed E-state index contributed by atoms with van der Waals surface area (Å²) in [7, 11) is 3.63. The van der Waals surface area contributed by atoms with Crippen LogP contribution in [0.2, 0.25) is 0 Å². The number of piperidine rings is 1. The van der Waals surface area contributed by atoms with Gasteiger partial charge < -0.3 is 19.9 Å². The van der Waals surface area contributed by atoms with E-state index in [1.165, 1.54) is 24.9 Å². The van der Waals surface area contributed by atoms with Crippen molar-refractivity contribution in [1.82, 2.24) is 10.2 Å². The molecule has 1 aromatic carbocycles. The van der Waals surface area contributed by atoms with Gasteiger partial charge >= 0.3 is 0 Å². The average molecular weight is 472 g/mol. The van der Waals surface area contributed by atoms with Gasteiger partial charge in [-0.25, -0.2) is 0 Å². The van der Waals surface area contributed by atoms with E-state index < -0.39 is 0 Å². The minimum absolute atomic E-state index is 0. The lowest BCUT2D eigenvalue weighted by molar-refractivity contribution is 0.272. The molecule has 1 aromatic rings. The van der Waals surface area contributed by atoms with Crippen molar-refractivity contribution < 1.29 is 4.74 Å². The molecule has 0 amide bonds. The second-order valence-electron chi connectivity index (χ2n) is 7.40. The first kappa shape index (κ1) is 21.1. The molecule has 146 valence electrons. The van der Waals surface area contributed by atoms with Gasteiger partial charge in [-0.05, 0) is 43.2 Å². The van der Waals surface area contributed by atoms with E-state index in [-0.39, 0.29) is 24.0 Å². The zero-order valence-electron chi connectivity index (χ0n) is 16.3. The lowest BCUT2D eigenvalue weighted by Gasteiger charge is -2.33. The molecule has 1 N–H and O–H groups in total. The first-order valence-electron chi connectivity index (χ1n) is 9.54. The molecule has 1 atom stereocenters. The van der Waals surface area contributed by atoms with Crippen molar-refractivity contribution >= 4 is 35.6 Å². The molecule has 3 rings (SSSR count). The molecule has 26 heavy (non-hydrogen) atoms. The van der Waals surface area contributed by atoms with Crippen LogP contribution in [0.25, 0.3) is 0 Å². The molecule has 1 unspecified atom stereocenters. The first-order valence-corrected chi connectivity index (χ1v) is 9.54. The molecule has 2 heterocycles. The normalized spacial score (nSPS) is 21.5. The number of hydrogen-bond donors (Lipinski definition) is 1. The Morgan fingerprint density at radius 1 is 1.23 bits per heavy atom. The molecule has 2 saturated heterocycles. The van der Waals surface area contributed by atoms with Crippen LogP contribution in [0.3, 0.4) is 0 Å². The maximum atomic E-state index is 5.35. The van der Waals surface area contributed by atoms with Crippen molar-refractivity contribution in [2.75, 3.05) is 51.8 Å². The van der Waals surface area contributed by atoms with Crippen molar-refractivity contribution in [2.45, 2.75) is 26.2 Å². The fourth-order valence-corrected chi connectivity index (χ4v) is 3.83. The second-order valence-corrected chi connectivity index (χ2v) is 7.40. The van der Waals surface area contributed by atoms with Gasteiger partial charge in [0, 0.05) is 51.5 Å². The third kappa shape index (κ3) is 5.41. The van der Waals surface area contributed by atoms with Gasteiger partial charge in [0.25, 0.3) is 0 Å². The molecular weight excluding hydrogens is 439 g/mol. The van der Waals surface area contributed by atoms with Crippen molar-refractivity contribution in [3.8, 4) is 5.75 Å². The maximum Gasteiger partial charge on any atom is 0.193 e. The van der Waals surface area contributed by atoms with Crippen LogP contribution >= 0.6 is 24.0 Å². The van der Waals surface area contributed by atoms with Gasteiger partial charge in [0.1, 0.15) is 5.75 Å². The van der Waals surface area contributed by atoms with E-state index in [1.54, 1.807) is 7.11 Å². The summed E-state index contributed by atoms with van der Waals surface area (Å²) in [5.74, 6) is 3.51. The van der Waals surface area contributed by atoms with Crippen LogP contribution in [0.15, 0.2) is 29.3 Å². The summed E-state index contributed by atoms with van der Waals surface area (Å²) in [6, 6.07) is 8.37. The number of rotatable bonds is 4. The summed E-state index contributed by atoms with van der Waals surface area (Å²) < 4.78 is 5.35. The van der Waals surface area contributed by atoms with Crippen LogP contribution in [-0.4, -0.2) is 57.7 Å². The molecule has 0 bridgehead atoms. The maximum absolute atomic E-state index is 5.35. The number of aliphatic imine (C=N–C) groups is 1. The second kappa shape index (κ2) is 10.2. The topological polar surface area (TPSA) is 40.1 Å². The van der Waals surface area contributed by atoms with E-state index in [1.807, 2.05) is 13.1 Å². The molecule has 0 saturated carbocycles. The number of nitrogens with zero attached hydrogens (tertiary/aromatic N) is 3. The predicted molar refractivity (Wildman–Crippen MR) is 120 cm³/mol. The highest BCUT2D eigenvalue weighted by Crippen LogP contribution is 2.26. The fourth-order valence-electron chi connectivity index (χ4n) is 3.83. The predicted octanol–water partition coefficient (Wildman–Crippen LogP) is 3.45. The Hall–Kier alpha value is -1.18. The van der Waals surface area contributed by atoms with Crippen LogP contribution in [0.5, 0.6) is 5.75 Å². The minimum Gasteiger partial charge on any atom is -0.497 e. The van der Waals surface area contributed by atoms with Gasteiger partial charge in [-0.15, -0.1) is 24.0 Å². The van der Waals surface area contributed by atoms with Crippen LogP contribution in [0, 0.1) is 11.8 Å². The molecule has 0 aliphatic carbocycles. The standard InChI is InChI=1S/C20H32N4O.HI/c1-16-7-10-23(11-8-16)20(21-2)22-14-17-9-12-24(15-17)18-5-4-6-19(13-18)25-3;/h4-6,13,16-17H,7-12,14-15H2,1-3H3,(H,21,22);1H. The first-order chi connectivity index (χ1) is 12.2. The van der Waals surface area contributed by atoms with E-state index in [0.29, 0.717) is 5.92 Å².